The Morgan fingerprint density at radius 2 is 1.91 bits per heavy atom. The number of allylic oxidation sites excluding steroid dienone is 1. The zero-order valence-electron chi connectivity index (χ0n) is 19.4. The van der Waals surface area contributed by atoms with Gasteiger partial charge in [-0.1, -0.05) is 30.4 Å². The van der Waals surface area contributed by atoms with Gasteiger partial charge in [0.05, 0.1) is 19.6 Å². The van der Waals surface area contributed by atoms with Crippen LogP contribution in [-0.4, -0.2) is 30.2 Å². The van der Waals surface area contributed by atoms with Crippen molar-refractivity contribution >= 4 is 11.9 Å². The molecule has 2 N–H and O–H groups in total. The molecular formula is C27H31F2NO4. The van der Waals surface area contributed by atoms with E-state index in [4.69, 9.17) is 4.74 Å². The van der Waals surface area contributed by atoms with Crippen LogP contribution >= 0.6 is 0 Å². The normalized spacial score (nSPS) is 12.5. The zero-order chi connectivity index (χ0) is 25.1. The Balaban J connectivity index is 2.43. The number of aryl methyl sites for hydroxylation is 1. The Bertz CT molecular complexity index is 1020. The average molecular weight is 472 g/mol. The fourth-order valence-electron chi connectivity index (χ4n) is 3.70. The molecule has 0 aliphatic heterocycles. The van der Waals surface area contributed by atoms with Gasteiger partial charge in [0.2, 0.25) is 5.91 Å². The molecule has 0 saturated heterocycles. The van der Waals surface area contributed by atoms with Crippen molar-refractivity contribution in [3.05, 3.63) is 84.5 Å². The molecule has 34 heavy (non-hydrogen) atoms. The molecule has 2 aromatic carbocycles. The fourth-order valence-corrected chi connectivity index (χ4v) is 3.70. The van der Waals surface area contributed by atoms with Crippen LogP contribution in [0.3, 0.4) is 0 Å². The molecule has 1 amide bonds. The van der Waals surface area contributed by atoms with Crippen LogP contribution in [0.5, 0.6) is 0 Å². The summed E-state index contributed by atoms with van der Waals surface area (Å²) in [6.45, 7) is 7.19. The Morgan fingerprint density at radius 1 is 1.15 bits per heavy atom. The number of rotatable bonds is 13. The molecule has 0 aliphatic rings. The number of ether oxygens (including phenoxy) is 1. The van der Waals surface area contributed by atoms with Crippen molar-refractivity contribution in [3.63, 3.8) is 0 Å². The van der Waals surface area contributed by atoms with Crippen LogP contribution in [0.1, 0.15) is 49.3 Å². The lowest BCUT2D eigenvalue weighted by Gasteiger charge is -2.21. The van der Waals surface area contributed by atoms with Crippen LogP contribution < -0.4 is 5.32 Å². The van der Waals surface area contributed by atoms with Gasteiger partial charge in [-0.15, -0.1) is 13.2 Å². The van der Waals surface area contributed by atoms with Gasteiger partial charge in [-0.2, -0.15) is 0 Å². The maximum atomic E-state index is 14.9. The number of aliphatic hydroxyl groups is 1. The van der Waals surface area contributed by atoms with Gasteiger partial charge in [-0.3, -0.25) is 9.59 Å². The number of hydrogen-bond acceptors (Lipinski definition) is 4. The molecular weight excluding hydrogens is 440 g/mol. The predicted molar refractivity (Wildman–Crippen MR) is 128 cm³/mol. The van der Waals surface area contributed by atoms with E-state index >= 15 is 0 Å². The standard InChI is InChI=1S/C27H31F2NO4/c1-4-6-7-8-11-20-15-21(28)16-22(29)26(20)19-13-9-12-18(14-19)23(17-25(32)34-3)30-27(33)24(31)10-5-2/h4-5,9,12-16,23-24,31H,1-2,6-8,10-11,17H2,3H3,(H,30,33)/t23-,24+/m0/s1. The summed E-state index contributed by atoms with van der Waals surface area (Å²) >= 11 is 0. The molecule has 0 aromatic heterocycles. The van der Waals surface area contributed by atoms with Gasteiger partial charge >= 0.3 is 5.97 Å². The number of methoxy groups -OCH3 is 1. The van der Waals surface area contributed by atoms with Crippen LogP contribution in [0.25, 0.3) is 11.1 Å². The number of benzene rings is 2. The maximum Gasteiger partial charge on any atom is 0.307 e. The number of carbonyl (C=O) groups excluding carboxylic acids is 2. The number of unbranched alkanes of at least 4 members (excludes halogenated alkanes) is 2. The molecule has 0 heterocycles. The molecule has 2 atom stereocenters. The molecule has 0 spiro atoms. The van der Waals surface area contributed by atoms with E-state index < -0.39 is 35.7 Å². The Morgan fingerprint density at radius 3 is 2.59 bits per heavy atom. The van der Waals surface area contributed by atoms with E-state index in [1.807, 2.05) is 0 Å². The van der Waals surface area contributed by atoms with Crippen LogP contribution in [0.15, 0.2) is 61.7 Å². The molecule has 0 fully saturated rings. The Hall–Kier alpha value is -3.32. The number of esters is 1. The summed E-state index contributed by atoms with van der Waals surface area (Å²) in [6, 6.07) is 8.05. The highest BCUT2D eigenvalue weighted by Crippen LogP contribution is 2.32. The molecule has 2 rings (SSSR count). The highest BCUT2D eigenvalue weighted by Gasteiger charge is 2.23. The monoisotopic (exact) mass is 471 g/mol. The van der Waals surface area contributed by atoms with Gasteiger partial charge in [0.25, 0.3) is 0 Å². The first-order valence-corrected chi connectivity index (χ1v) is 11.2. The first-order valence-electron chi connectivity index (χ1n) is 11.2. The summed E-state index contributed by atoms with van der Waals surface area (Å²) in [7, 11) is 1.23. The van der Waals surface area contributed by atoms with Crippen molar-refractivity contribution in [2.45, 2.75) is 50.7 Å². The molecule has 0 unspecified atom stereocenters. The van der Waals surface area contributed by atoms with Crippen molar-refractivity contribution in [3.8, 4) is 11.1 Å². The molecule has 0 bridgehead atoms. The number of nitrogens with one attached hydrogen (secondary N) is 1. The van der Waals surface area contributed by atoms with Crippen molar-refractivity contribution in [2.75, 3.05) is 7.11 Å². The predicted octanol–water partition coefficient (Wildman–Crippen LogP) is 5.19. The third-order valence-corrected chi connectivity index (χ3v) is 5.43. The highest BCUT2D eigenvalue weighted by atomic mass is 19.1. The minimum Gasteiger partial charge on any atom is -0.469 e. The molecule has 5 nitrogen and oxygen atoms in total. The summed E-state index contributed by atoms with van der Waals surface area (Å²) in [6.07, 6.45) is 4.64. The van der Waals surface area contributed by atoms with E-state index in [-0.39, 0.29) is 18.4 Å². The van der Waals surface area contributed by atoms with Gasteiger partial charge in [0.1, 0.15) is 17.7 Å². The molecule has 0 aliphatic carbocycles. The highest BCUT2D eigenvalue weighted by molar-refractivity contribution is 5.82. The number of hydrogen-bond donors (Lipinski definition) is 2. The van der Waals surface area contributed by atoms with Crippen LogP contribution in [0, 0.1) is 11.6 Å². The smallest absolute Gasteiger partial charge is 0.307 e. The summed E-state index contributed by atoms with van der Waals surface area (Å²) < 4.78 is 33.7. The van der Waals surface area contributed by atoms with Gasteiger partial charge in [0, 0.05) is 18.1 Å². The molecule has 0 radical (unpaired) electrons. The second-order valence-corrected chi connectivity index (χ2v) is 7.96. The third kappa shape index (κ3) is 7.63. The SMILES string of the molecule is C=CCCCCc1cc(F)cc(F)c1-c1cccc([C@H](CC(=O)OC)NC(=O)[C@H](O)CC=C)c1. The first-order chi connectivity index (χ1) is 16.3. The number of amides is 1. The van der Waals surface area contributed by atoms with E-state index in [0.29, 0.717) is 23.1 Å². The number of aliphatic hydroxyl groups excluding tert-OH is 1. The van der Waals surface area contributed by atoms with Gasteiger partial charge in [-0.05, 0) is 54.5 Å². The third-order valence-electron chi connectivity index (χ3n) is 5.43. The summed E-state index contributed by atoms with van der Waals surface area (Å²) in [5.74, 6) is -2.58. The molecule has 182 valence electrons. The average Bonchev–Trinajstić information content (AvgIpc) is 2.81. The van der Waals surface area contributed by atoms with Crippen LogP contribution in [-0.2, 0) is 20.7 Å². The van der Waals surface area contributed by atoms with Gasteiger partial charge < -0.3 is 15.2 Å². The first kappa shape index (κ1) is 26.9. The molecule has 2 aromatic rings. The second-order valence-electron chi connectivity index (χ2n) is 7.96. The topological polar surface area (TPSA) is 75.6 Å². The van der Waals surface area contributed by atoms with E-state index in [0.717, 1.165) is 25.3 Å². The van der Waals surface area contributed by atoms with Crippen molar-refractivity contribution < 1.29 is 28.2 Å². The number of carbonyl (C=O) groups is 2. The summed E-state index contributed by atoms with van der Waals surface area (Å²) in [4.78, 5) is 24.4. The van der Waals surface area contributed by atoms with E-state index in [2.05, 4.69) is 18.5 Å². The van der Waals surface area contributed by atoms with E-state index in [1.165, 1.54) is 19.3 Å². The fraction of sp³-hybridized carbons (Fsp3) is 0.333. The van der Waals surface area contributed by atoms with Crippen LogP contribution in [0.4, 0.5) is 8.78 Å². The van der Waals surface area contributed by atoms with E-state index in [9.17, 15) is 23.5 Å². The van der Waals surface area contributed by atoms with Crippen molar-refractivity contribution in [1.29, 1.82) is 0 Å². The second kappa shape index (κ2) is 13.4. The van der Waals surface area contributed by atoms with Crippen molar-refractivity contribution in [2.24, 2.45) is 0 Å². The van der Waals surface area contributed by atoms with E-state index in [1.54, 1.807) is 30.3 Å². The Kier molecular flexibility index (Phi) is 10.6. The minimum absolute atomic E-state index is 0.0484. The summed E-state index contributed by atoms with van der Waals surface area (Å²) in [5, 5.41) is 12.6. The summed E-state index contributed by atoms with van der Waals surface area (Å²) in [5.41, 5.74) is 1.82. The lowest BCUT2D eigenvalue weighted by atomic mass is 9.92. The van der Waals surface area contributed by atoms with Gasteiger partial charge in [0.15, 0.2) is 0 Å². The molecule has 0 saturated carbocycles. The lowest BCUT2D eigenvalue weighted by Crippen LogP contribution is -2.37. The number of halogens is 2. The largest absolute Gasteiger partial charge is 0.469 e. The van der Waals surface area contributed by atoms with Gasteiger partial charge in [-0.25, -0.2) is 8.78 Å². The Labute approximate surface area is 199 Å². The minimum atomic E-state index is -1.32. The lowest BCUT2D eigenvalue weighted by molar-refractivity contribution is -0.141. The quantitative estimate of drug-likeness (QED) is 0.240. The maximum absolute atomic E-state index is 14.9. The molecule has 7 heteroatoms. The van der Waals surface area contributed by atoms with Crippen molar-refractivity contribution in [1.82, 2.24) is 5.32 Å². The van der Waals surface area contributed by atoms with Crippen LogP contribution in [0.2, 0.25) is 0 Å². The zero-order valence-corrected chi connectivity index (χ0v) is 19.4.